The number of amides is 3. The van der Waals surface area contributed by atoms with E-state index < -0.39 is 48.4 Å². The van der Waals surface area contributed by atoms with Gasteiger partial charge in [-0.25, -0.2) is 0 Å². The molecule has 0 aromatic heterocycles. The highest BCUT2D eigenvalue weighted by atomic mass is 28.4. The van der Waals surface area contributed by atoms with Crippen molar-refractivity contribution in [3.8, 4) is 0 Å². The Morgan fingerprint density at radius 2 is 1.68 bits per heavy atom. The van der Waals surface area contributed by atoms with Gasteiger partial charge in [-0.3, -0.25) is 29.4 Å². The minimum Gasteiger partial charge on any atom is -0.432 e. The zero-order valence-corrected chi connectivity index (χ0v) is 30.8. The third kappa shape index (κ3) is 6.33. The Morgan fingerprint density at radius 3 is 2.32 bits per heavy atom. The number of carbonyl (C=O) groups excluding carboxylic acids is 3. The highest BCUT2D eigenvalue weighted by molar-refractivity contribution is 6.71. The maximum absolute atomic E-state index is 14.9. The number of para-hydroxylation sites is 1. The molecule has 0 saturated carbocycles. The summed E-state index contributed by atoms with van der Waals surface area (Å²) in [6.07, 6.45) is 0.222. The van der Waals surface area contributed by atoms with Gasteiger partial charge in [0.15, 0.2) is 13.9 Å². The van der Waals surface area contributed by atoms with E-state index in [4.69, 9.17) is 4.74 Å². The summed E-state index contributed by atoms with van der Waals surface area (Å²) >= 11 is 0. The number of hydrogen-bond acceptors (Lipinski definition) is 8. The van der Waals surface area contributed by atoms with Crippen LogP contribution in [0.1, 0.15) is 35.6 Å². The number of benzene rings is 4. The fraction of sp³-hybridized carbons (Fsp3) is 0.325. The Bertz CT molecular complexity index is 2060. The zero-order chi connectivity index (χ0) is 37.7. The molecule has 13 heteroatoms. The summed E-state index contributed by atoms with van der Waals surface area (Å²) < 4.78 is 6.82. The molecule has 0 radical (unpaired) electrons. The average molecular weight is 735 g/mol. The molecule has 0 unspecified atom stereocenters. The van der Waals surface area contributed by atoms with Gasteiger partial charge < -0.3 is 24.4 Å². The van der Waals surface area contributed by atoms with E-state index in [9.17, 15) is 34.4 Å². The monoisotopic (exact) mass is 734 g/mol. The van der Waals surface area contributed by atoms with Gasteiger partial charge >= 0.3 is 0 Å². The molecular weight excluding hydrogens is 693 g/mol. The molecule has 7 rings (SSSR count). The van der Waals surface area contributed by atoms with Crippen molar-refractivity contribution in [2.75, 3.05) is 16.4 Å². The molecule has 3 aliphatic heterocycles. The first kappa shape index (κ1) is 36.2. The highest BCUT2D eigenvalue weighted by Gasteiger charge is 2.66. The molecule has 0 aliphatic carbocycles. The second-order valence-electron chi connectivity index (χ2n) is 14.7. The lowest BCUT2D eigenvalue weighted by Crippen LogP contribution is -2.48. The van der Waals surface area contributed by atoms with E-state index >= 15 is 0 Å². The van der Waals surface area contributed by atoms with Crippen LogP contribution in [-0.4, -0.2) is 65.0 Å². The number of carbonyl (C=O) groups is 3. The van der Waals surface area contributed by atoms with Gasteiger partial charge in [0.05, 0.1) is 42.3 Å². The van der Waals surface area contributed by atoms with Crippen molar-refractivity contribution in [3.05, 3.63) is 129 Å². The number of non-ortho nitro benzene ring substituents is 1. The van der Waals surface area contributed by atoms with Gasteiger partial charge in [0.2, 0.25) is 12.3 Å². The van der Waals surface area contributed by atoms with Gasteiger partial charge in [0.1, 0.15) is 0 Å². The first-order valence-electron chi connectivity index (χ1n) is 17.7. The van der Waals surface area contributed by atoms with Crippen molar-refractivity contribution in [2.45, 2.75) is 69.2 Å². The van der Waals surface area contributed by atoms with Crippen molar-refractivity contribution in [1.29, 1.82) is 0 Å². The second-order valence-corrected chi connectivity index (χ2v) is 18.7. The van der Waals surface area contributed by atoms with E-state index in [1.807, 2.05) is 73.7 Å². The summed E-state index contributed by atoms with van der Waals surface area (Å²) in [5.74, 6) is -1.34. The normalized spacial score (nSPS) is 23.5. The Hall–Kier alpha value is -5.21. The molecule has 3 amide bonds. The van der Waals surface area contributed by atoms with Crippen molar-refractivity contribution < 1.29 is 33.9 Å². The van der Waals surface area contributed by atoms with Crippen LogP contribution in [0.15, 0.2) is 97.1 Å². The zero-order valence-electron chi connectivity index (χ0n) is 29.8. The molecule has 53 heavy (non-hydrogen) atoms. The molecule has 1 fully saturated rings. The maximum Gasteiger partial charge on any atom is 0.269 e. The van der Waals surface area contributed by atoms with Gasteiger partial charge in [-0.05, 0) is 66.5 Å². The van der Waals surface area contributed by atoms with Crippen LogP contribution in [0.4, 0.5) is 22.7 Å². The van der Waals surface area contributed by atoms with Crippen LogP contribution < -0.4 is 9.80 Å². The lowest BCUT2D eigenvalue weighted by molar-refractivity contribution is -0.385. The molecule has 1 spiro atoms. The minimum absolute atomic E-state index is 0.105. The van der Waals surface area contributed by atoms with Crippen LogP contribution in [-0.2, 0) is 44.2 Å². The predicted molar refractivity (Wildman–Crippen MR) is 201 cm³/mol. The average Bonchev–Trinajstić information content (AvgIpc) is 3.57. The van der Waals surface area contributed by atoms with E-state index in [0.29, 0.717) is 35.6 Å². The van der Waals surface area contributed by atoms with E-state index in [1.54, 1.807) is 41.1 Å². The Morgan fingerprint density at radius 1 is 1.02 bits per heavy atom. The standard InChI is InChI=1S/C40H42N4O8Si/c1-26-38(53(2,3)51)36(21-37(47)41-23-29-10-8-7-9-28(29)19-33(41)24-45)52-40(26)34-20-32(44(49)50)17-18-35(34)42(39(40)48)22-27-13-15-31(16-14-27)43(25-46)30-11-5-4-6-12-30/h4-18,20,25-26,33,36,38,45,51H,19,21-24H2,1-3H3/t26-,33-,36+,38-,40+/m0/s1. The number of fused-ring (bicyclic) bond motifs is 3. The highest BCUT2D eigenvalue weighted by Crippen LogP contribution is 2.60. The molecule has 2 N–H and O–H groups in total. The van der Waals surface area contributed by atoms with Crippen LogP contribution in [0.2, 0.25) is 18.6 Å². The quantitative estimate of drug-likeness (QED) is 0.0929. The number of anilines is 3. The molecule has 12 nitrogen and oxygen atoms in total. The summed E-state index contributed by atoms with van der Waals surface area (Å²) in [4.78, 5) is 69.0. The first-order valence-corrected chi connectivity index (χ1v) is 20.8. The van der Waals surface area contributed by atoms with Crippen LogP contribution in [0, 0.1) is 16.0 Å². The predicted octanol–water partition coefficient (Wildman–Crippen LogP) is 5.57. The van der Waals surface area contributed by atoms with Crippen LogP contribution in [0.3, 0.4) is 0 Å². The minimum atomic E-state index is -3.16. The van der Waals surface area contributed by atoms with E-state index in [2.05, 4.69) is 0 Å². The Labute approximate surface area is 308 Å². The topological polar surface area (TPSA) is 154 Å². The number of rotatable bonds is 10. The third-order valence-corrected chi connectivity index (χ3v) is 13.6. The molecule has 0 bridgehead atoms. The third-order valence-electron chi connectivity index (χ3n) is 11.1. The van der Waals surface area contributed by atoms with Crippen molar-refractivity contribution in [1.82, 2.24) is 4.90 Å². The summed E-state index contributed by atoms with van der Waals surface area (Å²) in [5.41, 5.74) is 2.43. The second kappa shape index (κ2) is 14.0. The molecule has 4 aromatic rings. The molecule has 1 saturated heterocycles. The Kier molecular flexibility index (Phi) is 9.53. The van der Waals surface area contributed by atoms with E-state index in [1.165, 1.54) is 17.0 Å². The van der Waals surface area contributed by atoms with E-state index in [-0.39, 0.29) is 31.2 Å². The summed E-state index contributed by atoms with van der Waals surface area (Å²) in [6, 6.07) is 28.1. The SMILES string of the molecule is C[C@H]1[C@H]([Si](C)(C)O)[C@@H](CC(=O)N2Cc3ccccc3C[C@H]2CO)O[C@]12C(=O)N(Cc1ccc(N(C=O)c3ccccc3)cc1)c1ccc([N+](=O)[O-])cc12. The van der Waals surface area contributed by atoms with Crippen molar-refractivity contribution in [3.63, 3.8) is 0 Å². The summed E-state index contributed by atoms with van der Waals surface area (Å²) in [5, 5.41) is 22.3. The molecular formula is C40H42N4O8Si. The van der Waals surface area contributed by atoms with Gasteiger partial charge in [-0.1, -0.05) is 61.5 Å². The number of nitro benzene ring substituents is 1. The largest absolute Gasteiger partial charge is 0.432 e. The molecule has 3 heterocycles. The maximum atomic E-state index is 14.9. The lowest BCUT2D eigenvalue weighted by atomic mass is 9.82. The van der Waals surface area contributed by atoms with Gasteiger partial charge in [0, 0.05) is 47.1 Å². The lowest BCUT2D eigenvalue weighted by Gasteiger charge is -2.37. The number of nitro groups is 1. The molecule has 274 valence electrons. The van der Waals surface area contributed by atoms with Gasteiger partial charge in [-0.2, -0.15) is 0 Å². The number of ether oxygens (including phenoxy) is 1. The van der Waals surface area contributed by atoms with Gasteiger partial charge in [0.25, 0.3) is 11.6 Å². The fourth-order valence-electron chi connectivity index (χ4n) is 8.67. The number of nitrogens with zero attached hydrogens (tertiary/aromatic N) is 4. The van der Waals surface area contributed by atoms with Crippen LogP contribution in [0.5, 0.6) is 0 Å². The Balaban J connectivity index is 1.22. The summed E-state index contributed by atoms with van der Waals surface area (Å²) in [6.45, 7) is 5.53. The summed E-state index contributed by atoms with van der Waals surface area (Å²) in [7, 11) is -3.16. The van der Waals surface area contributed by atoms with Crippen LogP contribution >= 0.6 is 0 Å². The molecule has 4 aromatic carbocycles. The smallest absolute Gasteiger partial charge is 0.269 e. The first-order chi connectivity index (χ1) is 25.4. The number of hydrogen-bond donors (Lipinski definition) is 2. The van der Waals surface area contributed by atoms with Crippen molar-refractivity contribution >= 4 is 49.3 Å². The number of aliphatic hydroxyl groups is 1. The van der Waals surface area contributed by atoms with Crippen LogP contribution in [0.25, 0.3) is 0 Å². The molecule has 5 atom stereocenters. The number of aliphatic hydroxyl groups excluding tert-OH is 1. The molecule has 3 aliphatic rings. The van der Waals surface area contributed by atoms with Gasteiger partial charge in [-0.15, -0.1) is 0 Å². The fourth-order valence-corrected chi connectivity index (χ4v) is 11.2. The van der Waals surface area contributed by atoms with E-state index in [0.717, 1.165) is 23.1 Å². The van der Waals surface area contributed by atoms with Crippen molar-refractivity contribution in [2.24, 2.45) is 5.92 Å².